The van der Waals surface area contributed by atoms with Gasteiger partial charge in [-0.1, -0.05) is 19.4 Å². The lowest BCUT2D eigenvalue weighted by Crippen LogP contribution is -2.46. The Morgan fingerprint density at radius 1 is 1.05 bits per heavy atom. The molecule has 1 aliphatic rings. The summed E-state index contributed by atoms with van der Waals surface area (Å²) in [5, 5.41) is 8.90. The van der Waals surface area contributed by atoms with Gasteiger partial charge in [-0.15, -0.1) is 0 Å². The Balaban J connectivity index is 1.37. The van der Waals surface area contributed by atoms with Crippen LogP contribution in [0.3, 0.4) is 0 Å². The van der Waals surface area contributed by atoms with Gasteiger partial charge in [-0.3, -0.25) is 19.4 Å². The molecule has 0 bridgehead atoms. The molecule has 1 fully saturated rings. The number of aromatic nitrogens is 3. The fraction of sp³-hybridized carbons (Fsp3) is 0.281. The molecule has 2 aromatic carbocycles. The molecule has 43 heavy (non-hydrogen) atoms. The summed E-state index contributed by atoms with van der Waals surface area (Å²) in [6.07, 6.45) is 5.57. The molecular weight excluding hydrogens is 549 g/mol. The fourth-order valence-electron chi connectivity index (χ4n) is 4.90. The Morgan fingerprint density at radius 3 is 2.56 bits per heavy atom. The first-order valence-corrected chi connectivity index (χ1v) is 14.3. The first kappa shape index (κ1) is 29.6. The van der Waals surface area contributed by atoms with Crippen LogP contribution in [0.4, 0.5) is 21.6 Å². The van der Waals surface area contributed by atoms with E-state index in [1.54, 1.807) is 60.6 Å². The number of nitrogens with zero attached hydrogens (tertiary/aromatic N) is 4. The van der Waals surface area contributed by atoms with Crippen LogP contribution in [-0.4, -0.2) is 57.4 Å². The number of piperazine rings is 1. The van der Waals surface area contributed by atoms with Crippen molar-refractivity contribution < 1.29 is 14.0 Å². The molecular formula is C32H34FN7O3. The van der Waals surface area contributed by atoms with E-state index in [0.717, 1.165) is 25.9 Å². The summed E-state index contributed by atoms with van der Waals surface area (Å²) in [6, 6.07) is 14.8. The number of benzene rings is 2. The summed E-state index contributed by atoms with van der Waals surface area (Å²) in [5.74, 6) is -1.19. The Hall–Kier alpha value is -4.90. The van der Waals surface area contributed by atoms with Crippen molar-refractivity contribution in [1.29, 1.82) is 0 Å². The maximum atomic E-state index is 15.8. The molecule has 0 spiro atoms. The van der Waals surface area contributed by atoms with Gasteiger partial charge >= 0.3 is 0 Å². The van der Waals surface area contributed by atoms with Crippen molar-refractivity contribution >= 4 is 29.0 Å². The highest BCUT2D eigenvalue weighted by molar-refractivity contribution is 6.05. The number of anilines is 3. The van der Waals surface area contributed by atoms with Crippen molar-refractivity contribution in [2.45, 2.75) is 26.2 Å². The van der Waals surface area contributed by atoms with Gasteiger partial charge in [0.05, 0.1) is 22.6 Å². The topological polar surface area (TPSA) is 121 Å². The summed E-state index contributed by atoms with van der Waals surface area (Å²) in [6.45, 7) is 4.88. The molecule has 1 aliphatic heterocycles. The van der Waals surface area contributed by atoms with Crippen LogP contribution < -0.4 is 21.5 Å². The van der Waals surface area contributed by atoms with Crippen LogP contribution in [0.25, 0.3) is 11.3 Å². The first-order valence-electron chi connectivity index (χ1n) is 14.3. The van der Waals surface area contributed by atoms with Crippen LogP contribution >= 0.6 is 0 Å². The van der Waals surface area contributed by atoms with Crippen molar-refractivity contribution in [3.8, 4) is 11.3 Å². The zero-order valence-electron chi connectivity index (χ0n) is 24.2. The first-order chi connectivity index (χ1) is 20.9. The second kappa shape index (κ2) is 13.4. The molecule has 4 aromatic rings. The second-order valence-electron chi connectivity index (χ2n) is 10.4. The van der Waals surface area contributed by atoms with Crippen LogP contribution in [0.2, 0.25) is 0 Å². The molecule has 3 N–H and O–H groups in total. The fourth-order valence-corrected chi connectivity index (χ4v) is 4.90. The van der Waals surface area contributed by atoms with E-state index in [9.17, 15) is 14.4 Å². The van der Waals surface area contributed by atoms with Crippen molar-refractivity contribution in [2.24, 2.45) is 7.05 Å². The highest BCUT2D eigenvalue weighted by atomic mass is 19.1. The summed E-state index contributed by atoms with van der Waals surface area (Å²) < 4.78 is 17.1. The normalized spacial score (nSPS) is 13.0. The molecule has 2 amide bonds. The summed E-state index contributed by atoms with van der Waals surface area (Å²) in [7, 11) is 1.55. The van der Waals surface area contributed by atoms with Crippen molar-refractivity contribution in [1.82, 2.24) is 24.8 Å². The molecule has 0 aliphatic carbocycles. The minimum absolute atomic E-state index is 0.00838. The summed E-state index contributed by atoms with van der Waals surface area (Å²) >= 11 is 0. The minimum Gasteiger partial charge on any atom is -0.336 e. The largest absolute Gasteiger partial charge is 0.336 e. The third kappa shape index (κ3) is 6.78. The van der Waals surface area contributed by atoms with Gasteiger partial charge < -0.3 is 25.4 Å². The number of nitrogens with one attached hydrogen (secondary N) is 3. The van der Waals surface area contributed by atoms with Crippen LogP contribution in [0, 0.1) is 5.82 Å². The van der Waals surface area contributed by atoms with Crippen molar-refractivity contribution in [3.63, 3.8) is 0 Å². The van der Waals surface area contributed by atoms with Crippen molar-refractivity contribution in [2.75, 3.05) is 36.8 Å². The maximum absolute atomic E-state index is 15.8. The van der Waals surface area contributed by atoms with Gasteiger partial charge in [-0.2, -0.15) is 0 Å². The predicted octanol–water partition coefficient (Wildman–Crippen LogP) is 4.37. The van der Waals surface area contributed by atoms with Gasteiger partial charge in [0, 0.05) is 62.4 Å². The number of hydrogen-bond donors (Lipinski definition) is 3. The number of pyridine rings is 1. The third-order valence-corrected chi connectivity index (χ3v) is 7.29. The monoisotopic (exact) mass is 583 g/mol. The van der Waals surface area contributed by atoms with Crippen LogP contribution in [-0.2, 0) is 13.5 Å². The van der Waals surface area contributed by atoms with Crippen LogP contribution in [0.5, 0.6) is 0 Å². The number of unbranched alkanes of at least 4 members (excludes halogenated alkanes) is 1. The van der Waals surface area contributed by atoms with Gasteiger partial charge in [0.2, 0.25) is 0 Å². The Labute approximate surface area is 249 Å². The number of amides is 2. The average molecular weight is 584 g/mol. The zero-order chi connectivity index (χ0) is 30.3. The molecule has 11 heteroatoms. The molecule has 0 atom stereocenters. The number of carbonyl (C=O) groups is 2. The van der Waals surface area contributed by atoms with Gasteiger partial charge in [0.15, 0.2) is 11.6 Å². The standard InChI is InChI=1S/C32H34FN7O3/c1-3-4-9-25-24(8-6-15-35-25)30(41)38-26-10-5-7-23(28(26)33)27-20-39(2)32(43)29(37-27)36-22-13-11-21(12-14-22)31(42)40-18-16-34-17-19-40/h5-8,10-15,20,34H,3-4,9,16-19H2,1-2H3,(H,36,37)(H,38,41). The Bertz CT molecular complexity index is 1680. The lowest BCUT2D eigenvalue weighted by molar-refractivity contribution is 0.0735. The number of halogens is 1. The lowest BCUT2D eigenvalue weighted by Gasteiger charge is -2.27. The number of rotatable bonds is 9. The molecule has 222 valence electrons. The second-order valence-corrected chi connectivity index (χ2v) is 10.4. The zero-order valence-corrected chi connectivity index (χ0v) is 24.2. The molecule has 0 saturated carbocycles. The molecule has 1 saturated heterocycles. The number of carbonyl (C=O) groups excluding carboxylic acids is 2. The van der Waals surface area contributed by atoms with E-state index in [1.165, 1.54) is 22.9 Å². The molecule has 5 rings (SSSR count). The van der Waals surface area contributed by atoms with E-state index in [2.05, 4.69) is 32.8 Å². The van der Waals surface area contributed by atoms with Crippen molar-refractivity contribution in [3.05, 3.63) is 100.0 Å². The predicted molar refractivity (Wildman–Crippen MR) is 164 cm³/mol. The number of aryl methyl sites for hydroxylation is 2. The number of hydrogen-bond acceptors (Lipinski definition) is 7. The highest BCUT2D eigenvalue weighted by Crippen LogP contribution is 2.28. The smallest absolute Gasteiger partial charge is 0.293 e. The quantitative estimate of drug-likeness (QED) is 0.268. The molecule has 0 radical (unpaired) electrons. The summed E-state index contributed by atoms with van der Waals surface area (Å²) in [5.41, 5.74) is 2.05. The molecule has 3 heterocycles. The van der Waals surface area contributed by atoms with E-state index in [0.29, 0.717) is 42.0 Å². The van der Waals surface area contributed by atoms with Gasteiger partial charge in [-0.05, 0) is 61.4 Å². The average Bonchev–Trinajstić information content (AvgIpc) is 3.03. The van der Waals surface area contributed by atoms with E-state index in [4.69, 9.17) is 0 Å². The lowest BCUT2D eigenvalue weighted by atomic mass is 10.1. The maximum Gasteiger partial charge on any atom is 0.293 e. The third-order valence-electron chi connectivity index (χ3n) is 7.29. The van der Waals surface area contributed by atoms with E-state index < -0.39 is 17.3 Å². The van der Waals surface area contributed by atoms with Gasteiger partial charge in [-0.25, -0.2) is 9.37 Å². The van der Waals surface area contributed by atoms with Crippen LogP contribution in [0.15, 0.2) is 71.8 Å². The van der Waals surface area contributed by atoms with E-state index >= 15 is 4.39 Å². The summed E-state index contributed by atoms with van der Waals surface area (Å²) in [4.78, 5) is 49.4. The van der Waals surface area contributed by atoms with E-state index in [1.807, 2.05) is 0 Å². The molecule has 10 nitrogen and oxygen atoms in total. The van der Waals surface area contributed by atoms with Gasteiger partial charge in [0.1, 0.15) is 0 Å². The van der Waals surface area contributed by atoms with Crippen LogP contribution in [0.1, 0.15) is 46.2 Å². The highest BCUT2D eigenvalue weighted by Gasteiger charge is 2.20. The molecule has 0 unspecified atom stereocenters. The van der Waals surface area contributed by atoms with E-state index in [-0.39, 0.29) is 28.7 Å². The Kier molecular flexibility index (Phi) is 9.21. The minimum atomic E-state index is -0.678. The SMILES string of the molecule is CCCCc1ncccc1C(=O)Nc1cccc(-c2cn(C)c(=O)c(Nc3ccc(C(=O)N4CCNCC4)cc3)n2)c1F. The Morgan fingerprint density at radius 2 is 1.81 bits per heavy atom. The molecule has 2 aromatic heterocycles. The van der Waals surface area contributed by atoms with Gasteiger partial charge in [0.25, 0.3) is 17.4 Å².